The van der Waals surface area contributed by atoms with E-state index in [-0.39, 0.29) is 17.7 Å². The Balaban J connectivity index is 1.74. The van der Waals surface area contributed by atoms with Gasteiger partial charge in [0.25, 0.3) is 5.91 Å². The molecular formula is C24H23N3O2S2. The average Bonchev–Trinajstić information content (AvgIpc) is 3.49. The van der Waals surface area contributed by atoms with Crippen LogP contribution in [0.1, 0.15) is 39.5 Å². The Morgan fingerprint density at radius 1 is 1.16 bits per heavy atom. The van der Waals surface area contributed by atoms with Crippen LogP contribution in [0.25, 0.3) is 0 Å². The third kappa shape index (κ3) is 5.00. The topological polar surface area (TPSA) is 67.2 Å². The van der Waals surface area contributed by atoms with Gasteiger partial charge in [-0.2, -0.15) is 0 Å². The van der Waals surface area contributed by atoms with Crippen molar-refractivity contribution in [2.75, 3.05) is 16.9 Å². The Hall–Kier alpha value is -3.03. The van der Waals surface area contributed by atoms with Crippen LogP contribution in [0.2, 0.25) is 0 Å². The Morgan fingerprint density at radius 3 is 2.65 bits per heavy atom. The van der Waals surface area contributed by atoms with Gasteiger partial charge in [0.1, 0.15) is 10.8 Å². The van der Waals surface area contributed by atoms with Crippen LogP contribution in [0.5, 0.6) is 0 Å². The number of carbonyl (C=O) groups is 1. The highest BCUT2D eigenvalue weighted by atomic mass is 32.2. The van der Waals surface area contributed by atoms with Crippen molar-refractivity contribution in [1.29, 1.82) is 0 Å². The van der Waals surface area contributed by atoms with E-state index in [1.54, 1.807) is 41.4 Å². The van der Waals surface area contributed by atoms with Crippen LogP contribution in [0, 0.1) is 0 Å². The molecule has 0 aliphatic carbocycles. The summed E-state index contributed by atoms with van der Waals surface area (Å²) in [5.41, 5.74) is 2.10. The van der Waals surface area contributed by atoms with Crippen LogP contribution in [0.15, 0.2) is 82.4 Å². The van der Waals surface area contributed by atoms with Gasteiger partial charge in [0.05, 0.1) is 12.3 Å². The van der Waals surface area contributed by atoms with E-state index in [9.17, 15) is 4.79 Å². The van der Waals surface area contributed by atoms with Gasteiger partial charge >= 0.3 is 0 Å². The number of hydrogen-bond acceptors (Lipinski definition) is 6. The molecule has 4 aromatic rings. The second kappa shape index (κ2) is 9.85. The van der Waals surface area contributed by atoms with Gasteiger partial charge in [-0.3, -0.25) is 4.79 Å². The van der Waals surface area contributed by atoms with Crippen molar-refractivity contribution in [3.8, 4) is 0 Å². The van der Waals surface area contributed by atoms with E-state index in [1.807, 2.05) is 18.2 Å². The molecule has 0 saturated carbocycles. The second-order valence-corrected chi connectivity index (χ2v) is 8.86. The molecule has 1 aromatic carbocycles. The van der Waals surface area contributed by atoms with E-state index in [0.29, 0.717) is 0 Å². The number of pyridine rings is 1. The molecule has 0 saturated heterocycles. The van der Waals surface area contributed by atoms with Gasteiger partial charge in [-0.1, -0.05) is 25.1 Å². The summed E-state index contributed by atoms with van der Waals surface area (Å²) < 4.78 is 5.27. The minimum absolute atomic E-state index is 0.172. The molecule has 0 fully saturated rings. The van der Waals surface area contributed by atoms with E-state index in [1.165, 1.54) is 16.0 Å². The monoisotopic (exact) mass is 449 g/mol. The summed E-state index contributed by atoms with van der Waals surface area (Å²) in [5.74, 6) is 0.801. The highest BCUT2D eigenvalue weighted by molar-refractivity contribution is 7.98. The van der Waals surface area contributed by atoms with Crippen molar-refractivity contribution in [3.63, 3.8) is 0 Å². The predicted octanol–water partition coefficient (Wildman–Crippen LogP) is 6.47. The molecule has 7 heteroatoms. The SMILES string of the molecule is CCc1cc(C(Nc2ccccn2)c2ccc(SC)cc2)c(NC(=O)c2ccco2)s1. The molecule has 1 unspecified atom stereocenters. The Kier molecular flexibility index (Phi) is 6.74. The van der Waals surface area contributed by atoms with E-state index in [0.717, 1.165) is 28.4 Å². The smallest absolute Gasteiger partial charge is 0.291 e. The lowest BCUT2D eigenvalue weighted by Gasteiger charge is -2.21. The lowest BCUT2D eigenvalue weighted by atomic mass is 9.99. The number of hydrogen-bond donors (Lipinski definition) is 2. The van der Waals surface area contributed by atoms with Crippen LogP contribution >= 0.6 is 23.1 Å². The summed E-state index contributed by atoms with van der Waals surface area (Å²) in [6.45, 7) is 2.11. The fourth-order valence-electron chi connectivity index (χ4n) is 3.25. The lowest BCUT2D eigenvalue weighted by Crippen LogP contribution is -2.16. The molecule has 2 N–H and O–H groups in total. The molecule has 5 nitrogen and oxygen atoms in total. The summed E-state index contributed by atoms with van der Waals surface area (Å²) in [4.78, 5) is 19.5. The third-order valence-corrected chi connectivity index (χ3v) is 6.80. The molecule has 3 heterocycles. The van der Waals surface area contributed by atoms with Crippen LogP contribution < -0.4 is 10.6 Å². The molecule has 158 valence electrons. The maximum atomic E-state index is 12.7. The number of nitrogens with one attached hydrogen (secondary N) is 2. The summed E-state index contributed by atoms with van der Waals surface area (Å²) in [7, 11) is 0. The van der Waals surface area contributed by atoms with Crippen molar-refractivity contribution >= 4 is 39.8 Å². The van der Waals surface area contributed by atoms with E-state index in [2.05, 4.69) is 59.1 Å². The highest BCUT2D eigenvalue weighted by Crippen LogP contribution is 2.38. The quantitative estimate of drug-likeness (QED) is 0.302. The number of rotatable bonds is 8. The molecule has 0 spiro atoms. The zero-order chi connectivity index (χ0) is 21.6. The zero-order valence-corrected chi connectivity index (χ0v) is 18.9. The Morgan fingerprint density at radius 2 is 2.00 bits per heavy atom. The van der Waals surface area contributed by atoms with Gasteiger partial charge in [0.15, 0.2) is 5.76 Å². The molecule has 0 radical (unpaired) electrons. The van der Waals surface area contributed by atoms with Gasteiger partial charge in [-0.15, -0.1) is 23.1 Å². The number of aryl methyl sites for hydroxylation is 1. The summed E-state index contributed by atoms with van der Waals surface area (Å²) in [5, 5.41) is 7.40. The molecular weight excluding hydrogens is 426 g/mol. The maximum Gasteiger partial charge on any atom is 0.291 e. The van der Waals surface area contributed by atoms with Crippen molar-refractivity contribution in [2.24, 2.45) is 0 Å². The number of benzene rings is 1. The number of furan rings is 1. The fourth-order valence-corrected chi connectivity index (χ4v) is 4.69. The summed E-state index contributed by atoms with van der Waals surface area (Å²) >= 11 is 3.30. The maximum absolute atomic E-state index is 12.7. The van der Waals surface area contributed by atoms with E-state index < -0.39 is 0 Å². The first-order valence-corrected chi connectivity index (χ1v) is 12.0. The van der Waals surface area contributed by atoms with E-state index >= 15 is 0 Å². The predicted molar refractivity (Wildman–Crippen MR) is 128 cm³/mol. The number of thioether (sulfide) groups is 1. The number of nitrogens with zero attached hydrogens (tertiary/aromatic N) is 1. The normalized spacial score (nSPS) is 11.8. The number of carbonyl (C=O) groups excluding carboxylic acids is 1. The van der Waals surface area contributed by atoms with Gasteiger partial charge in [0.2, 0.25) is 0 Å². The number of anilines is 2. The molecule has 0 aliphatic heterocycles. The summed E-state index contributed by atoms with van der Waals surface area (Å²) in [6, 6.07) is 19.6. The fraction of sp³-hybridized carbons (Fsp3) is 0.167. The molecule has 1 atom stereocenters. The molecule has 31 heavy (non-hydrogen) atoms. The molecule has 0 bridgehead atoms. The first-order valence-electron chi connectivity index (χ1n) is 9.97. The summed E-state index contributed by atoms with van der Waals surface area (Å²) in [6.07, 6.45) is 6.21. The van der Waals surface area contributed by atoms with Gasteiger partial charge in [-0.05, 0) is 60.7 Å². The van der Waals surface area contributed by atoms with Crippen molar-refractivity contribution in [2.45, 2.75) is 24.3 Å². The molecule has 0 aliphatic rings. The molecule has 4 rings (SSSR count). The second-order valence-electron chi connectivity index (χ2n) is 6.85. The van der Waals surface area contributed by atoms with Crippen LogP contribution in [-0.4, -0.2) is 17.1 Å². The van der Waals surface area contributed by atoms with Crippen LogP contribution in [0.3, 0.4) is 0 Å². The van der Waals surface area contributed by atoms with Crippen molar-refractivity contribution in [1.82, 2.24) is 4.98 Å². The highest BCUT2D eigenvalue weighted by Gasteiger charge is 2.23. The van der Waals surface area contributed by atoms with E-state index in [4.69, 9.17) is 4.42 Å². The van der Waals surface area contributed by atoms with Crippen molar-refractivity contribution in [3.05, 3.63) is 94.9 Å². The minimum Gasteiger partial charge on any atom is -0.459 e. The number of aromatic nitrogens is 1. The number of amides is 1. The minimum atomic E-state index is -0.259. The van der Waals surface area contributed by atoms with Crippen LogP contribution in [-0.2, 0) is 6.42 Å². The van der Waals surface area contributed by atoms with Gasteiger partial charge < -0.3 is 15.1 Å². The van der Waals surface area contributed by atoms with Gasteiger partial charge in [0, 0.05) is 21.5 Å². The number of thiophene rings is 1. The largest absolute Gasteiger partial charge is 0.459 e. The van der Waals surface area contributed by atoms with Crippen molar-refractivity contribution < 1.29 is 9.21 Å². The van der Waals surface area contributed by atoms with Crippen LogP contribution in [0.4, 0.5) is 10.8 Å². The molecule has 1 amide bonds. The Bertz CT molecular complexity index is 1120. The van der Waals surface area contributed by atoms with Gasteiger partial charge in [-0.25, -0.2) is 4.98 Å². The average molecular weight is 450 g/mol. The zero-order valence-electron chi connectivity index (χ0n) is 17.3. The Labute approximate surface area is 189 Å². The molecule has 3 aromatic heterocycles. The lowest BCUT2D eigenvalue weighted by molar-refractivity contribution is 0.0997. The first kappa shape index (κ1) is 21.2. The third-order valence-electron chi connectivity index (χ3n) is 4.85. The first-order chi connectivity index (χ1) is 15.2. The standard InChI is InChI=1S/C24H23N3O2S2/c1-3-17-15-19(24(31-17)27-23(28)20-7-6-14-29-20)22(26-21-8-4-5-13-25-21)16-9-11-18(30-2)12-10-16/h4-15,22H,3H2,1-2H3,(H,25,26)(H,27,28).